The molecule has 1 saturated heterocycles. The van der Waals surface area contributed by atoms with Crippen LogP contribution in [0.15, 0.2) is 28.7 Å². The van der Waals surface area contributed by atoms with E-state index >= 15 is 0 Å². The van der Waals surface area contributed by atoms with E-state index in [-0.39, 0.29) is 5.91 Å². The molecule has 4 nitrogen and oxygen atoms in total. The van der Waals surface area contributed by atoms with Crippen LogP contribution in [0.25, 0.3) is 0 Å². The number of amides is 1. The third kappa shape index (κ3) is 5.30. The number of halogens is 1. The summed E-state index contributed by atoms with van der Waals surface area (Å²) in [6.07, 6.45) is 3.07. The second kappa shape index (κ2) is 7.62. The van der Waals surface area contributed by atoms with Gasteiger partial charge in [-0.15, -0.1) is 0 Å². The van der Waals surface area contributed by atoms with E-state index in [4.69, 9.17) is 4.74 Å². The van der Waals surface area contributed by atoms with Crippen molar-refractivity contribution < 1.29 is 9.53 Å². The van der Waals surface area contributed by atoms with Gasteiger partial charge in [0, 0.05) is 36.3 Å². The van der Waals surface area contributed by atoms with Crippen LogP contribution in [0.1, 0.15) is 19.3 Å². The fraction of sp³-hybridized carbons (Fsp3) is 0.500. The van der Waals surface area contributed by atoms with Gasteiger partial charge in [0.25, 0.3) is 0 Å². The van der Waals surface area contributed by atoms with Crippen molar-refractivity contribution in [2.24, 2.45) is 0 Å². The number of anilines is 1. The summed E-state index contributed by atoms with van der Waals surface area (Å²) in [4.78, 5) is 11.7. The molecule has 19 heavy (non-hydrogen) atoms. The standard InChI is InChI=1S/C14H19BrN2O2/c15-11-3-1-4-12(9-11)17-14(18)6-7-16-10-13-5-2-8-19-13/h1,3-4,9,13,16H,2,5-8,10H2,(H,17,18). The molecule has 1 aliphatic heterocycles. The van der Waals surface area contributed by atoms with E-state index in [0.717, 1.165) is 36.2 Å². The molecule has 1 unspecified atom stereocenters. The number of rotatable bonds is 6. The number of ether oxygens (including phenoxy) is 1. The molecule has 1 amide bonds. The topological polar surface area (TPSA) is 50.4 Å². The molecule has 1 heterocycles. The summed E-state index contributed by atoms with van der Waals surface area (Å²) >= 11 is 3.38. The smallest absolute Gasteiger partial charge is 0.225 e. The minimum absolute atomic E-state index is 0.0259. The number of hydrogen-bond acceptors (Lipinski definition) is 3. The highest BCUT2D eigenvalue weighted by molar-refractivity contribution is 9.10. The molecule has 1 aromatic rings. The van der Waals surface area contributed by atoms with Crippen LogP contribution in [-0.2, 0) is 9.53 Å². The molecular weight excluding hydrogens is 308 g/mol. The molecule has 1 aliphatic rings. The minimum atomic E-state index is 0.0259. The van der Waals surface area contributed by atoms with Crippen molar-refractivity contribution in [3.63, 3.8) is 0 Å². The molecule has 0 aromatic heterocycles. The second-order valence-electron chi connectivity index (χ2n) is 4.65. The largest absolute Gasteiger partial charge is 0.377 e. The van der Waals surface area contributed by atoms with E-state index in [1.807, 2.05) is 24.3 Å². The first-order valence-electron chi connectivity index (χ1n) is 6.62. The SMILES string of the molecule is O=C(CCNCC1CCCO1)Nc1cccc(Br)c1. The Morgan fingerprint density at radius 3 is 3.11 bits per heavy atom. The van der Waals surface area contributed by atoms with Crippen LogP contribution in [0, 0.1) is 0 Å². The molecule has 0 aliphatic carbocycles. The van der Waals surface area contributed by atoms with Crippen LogP contribution in [0.2, 0.25) is 0 Å². The Kier molecular flexibility index (Phi) is 5.82. The summed E-state index contributed by atoms with van der Waals surface area (Å²) in [7, 11) is 0. The van der Waals surface area contributed by atoms with Crippen LogP contribution in [0.4, 0.5) is 5.69 Å². The molecule has 1 atom stereocenters. The van der Waals surface area contributed by atoms with Crippen LogP contribution < -0.4 is 10.6 Å². The fourth-order valence-electron chi connectivity index (χ4n) is 2.06. The summed E-state index contributed by atoms with van der Waals surface area (Å²) in [5.41, 5.74) is 0.818. The van der Waals surface area contributed by atoms with Crippen molar-refractivity contribution in [2.45, 2.75) is 25.4 Å². The lowest BCUT2D eigenvalue weighted by atomic mass is 10.2. The average Bonchev–Trinajstić information content (AvgIpc) is 2.88. The minimum Gasteiger partial charge on any atom is -0.377 e. The number of carbonyl (C=O) groups is 1. The van der Waals surface area contributed by atoms with Gasteiger partial charge in [-0.3, -0.25) is 4.79 Å². The third-order valence-corrected chi connectivity index (χ3v) is 3.53. The lowest BCUT2D eigenvalue weighted by molar-refractivity contribution is -0.116. The second-order valence-corrected chi connectivity index (χ2v) is 5.56. The van der Waals surface area contributed by atoms with Gasteiger partial charge in [0.2, 0.25) is 5.91 Å². The fourth-order valence-corrected chi connectivity index (χ4v) is 2.46. The molecule has 1 aromatic carbocycles. The molecular formula is C14H19BrN2O2. The van der Waals surface area contributed by atoms with Crippen molar-refractivity contribution in [1.29, 1.82) is 0 Å². The maximum atomic E-state index is 11.7. The number of nitrogens with one attached hydrogen (secondary N) is 2. The molecule has 1 fully saturated rings. The number of carbonyl (C=O) groups excluding carboxylic acids is 1. The molecule has 0 spiro atoms. The van der Waals surface area contributed by atoms with Gasteiger partial charge >= 0.3 is 0 Å². The molecule has 0 radical (unpaired) electrons. The Bertz CT molecular complexity index is 420. The molecule has 104 valence electrons. The zero-order valence-electron chi connectivity index (χ0n) is 10.8. The quantitative estimate of drug-likeness (QED) is 0.790. The van der Waals surface area contributed by atoms with Crippen LogP contribution in [0.3, 0.4) is 0 Å². The summed E-state index contributed by atoms with van der Waals surface area (Å²) in [5, 5.41) is 6.13. The van der Waals surface area contributed by atoms with E-state index < -0.39 is 0 Å². The monoisotopic (exact) mass is 326 g/mol. The Hall–Kier alpha value is -0.910. The molecule has 5 heteroatoms. The zero-order valence-corrected chi connectivity index (χ0v) is 12.4. The Balaban J connectivity index is 1.61. The van der Waals surface area contributed by atoms with Crippen molar-refractivity contribution in [1.82, 2.24) is 5.32 Å². The number of hydrogen-bond donors (Lipinski definition) is 2. The van der Waals surface area contributed by atoms with Crippen LogP contribution in [-0.4, -0.2) is 31.7 Å². The van der Waals surface area contributed by atoms with Gasteiger partial charge < -0.3 is 15.4 Å². The van der Waals surface area contributed by atoms with Crippen LogP contribution in [0.5, 0.6) is 0 Å². The Labute approximate surface area is 122 Å². The first-order valence-corrected chi connectivity index (χ1v) is 7.41. The highest BCUT2D eigenvalue weighted by Crippen LogP contribution is 2.15. The summed E-state index contributed by atoms with van der Waals surface area (Å²) in [6, 6.07) is 7.59. The van der Waals surface area contributed by atoms with Crippen molar-refractivity contribution in [3.05, 3.63) is 28.7 Å². The van der Waals surface area contributed by atoms with E-state index in [0.29, 0.717) is 19.1 Å². The number of benzene rings is 1. The summed E-state index contributed by atoms with van der Waals surface area (Å²) < 4.78 is 6.46. The highest BCUT2D eigenvalue weighted by Gasteiger charge is 2.14. The molecule has 0 saturated carbocycles. The highest BCUT2D eigenvalue weighted by atomic mass is 79.9. The van der Waals surface area contributed by atoms with Crippen molar-refractivity contribution in [3.8, 4) is 0 Å². The first-order chi connectivity index (χ1) is 9.24. The maximum absolute atomic E-state index is 11.7. The molecule has 2 N–H and O–H groups in total. The third-order valence-electron chi connectivity index (χ3n) is 3.03. The van der Waals surface area contributed by atoms with Gasteiger partial charge in [-0.25, -0.2) is 0 Å². The average molecular weight is 327 g/mol. The molecule has 0 bridgehead atoms. The lowest BCUT2D eigenvalue weighted by Crippen LogP contribution is -2.29. The van der Waals surface area contributed by atoms with Crippen molar-refractivity contribution >= 4 is 27.5 Å². The molecule has 2 rings (SSSR count). The Morgan fingerprint density at radius 1 is 1.47 bits per heavy atom. The predicted molar refractivity (Wildman–Crippen MR) is 79.2 cm³/mol. The van der Waals surface area contributed by atoms with Gasteiger partial charge in [0.05, 0.1) is 6.10 Å². The van der Waals surface area contributed by atoms with Crippen LogP contribution >= 0.6 is 15.9 Å². The van der Waals surface area contributed by atoms with E-state index in [1.54, 1.807) is 0 Å². The van der Waals surface area contributed by atoms with Gasteiger partial charge in [-0.2, -0.15) is 0 Å². The van der Waals surface area contributed by atoms with Gasteiger partial charge in [-0.1, -0.05) is 22.0 Å². The zero-order chi connectivity index (χ0) is 13.5. The normalized spacial score (nSPS) is 18.5. The van der Waals surface area contributed by atoms with E-state index in [2.05, 4.69) is 26.6 Å². The van der Waals surface area contributed by atoms with Gasteiger partial charge in [0.1, 0.15) is 0 Å². The van der Waals surface area contributed by atoms with Gasteiger partial charge in [0.15, 0.2) is 0 Å². The summed E-state index contributed by atoms with van der Waals surface area (Å²) in [6.45, 7) is 2.39. The lowest BCUT2D eigenvalue weighted by Gasteiger charge is -2.10. The van der Waals surface area contributed by atoms with E-state index in [9.17, 15) is 4.79 Å². The van der Waals surface area contributed by atoms with Gasteiger partial charge in [-0.05, 0) is 31.0 Å². The predicted octanol–water partition coefficient (Wildman–Crippen LogP) is 2.55. The Morgan fingerprint density at radius 2 is 2.37 bits per heavy atom. The first kappa shape index (κ1) is 14.5. The van der Waals surface area contributed by atoms with E-state index in [1.165, 1.54) is 0 Å². The van der Waals surface area contributed by atoms with Crippen molar-refractivity contribution in [2.75, 3.05) is 25.0 Å². The summed E-state index contributed by atoms with van der Waals surface area (Å²) in [5.74, 6) is 0.0259. The maximum Gasteiger partial charge on any atom is 0.225 e.